The number of aromatic nitrogens is 1. The van der Waals surface area contributed by atoms with E-state index in [0.717, 1.165) is 22.6 Å². The molecule has 162 valence electrons. The van der Waals surface area contributed by atoms with E-state index >= 15 is 0 Å². The molecule has 0 radical (unpaired) electrons. The third-order valence-corrected chi connectivity index (χ3v) is 8.19. The fourth-order valence-electron chi connectivity index (χ4n) is 4.50. The van der Waals surface area contributed by atoms with E-state index in [2.05, 4.69) is 84.2 Å². The Morgan fingerprint density at radius 1 is 0.969 bits per heavy atom. The first-order valence-electron chi connectivity index (χ1n) is 10.7. The number of benzene rings is 3. The number of anilines is 1. The number of hydrogen-bond acceptors (Lipinski definition) is 4. The molecule has 0 saturated carbocycles. The topological polar surface area (TPSA) is 17.4 Å². The van der Waals surface area contributed by atoms with Crippen LogP contribution in [0.5, 0.6) is 5.75 Å². The fraction of sp³-hybridized carbons (Fsp3) is 0.222. The number of aryl methyl sites for hydroxylation is 1. The fourth-order valence-corrected chi connectivity index (χ4v) is 6.20. The van der Waals surface area contributed by atoms with Crippen molar-refractivity contribution in [2.45, 2.75) is 32.9 Å². The van der Waals surface area contributed by atoms with Crippen LogP contribution in [0.15, 0.2) is 72.8 Å². The number of methoxy groups -OCH3 is 1. The summed E-state index contributed by atoms with van der Waals surface area (Å²) in [7, 11) is 1.70. The lowest BCUT2D eigenvalue weighted by molar-refractivity contribution is 0.414. The van der Waals surface area contributed by atoms with E-state index in [1.165, 1.54) is 32.8 Å². The van der Waals surface area contributed by atoms with Gasteiger partial charge in [0.25, 0.3) is 0 Å². The van der Waals surface area contributed by atoms with Gasteiger partial charge < -0.3 is 9.64 Å². The molecule has 0 aliphatic carbocycles. The lowest BCUT2D eigenvalue weighted by Gasteiger charge is -2.44. The maximum Gasteiger partial charge on any atom is 0.129 e. The summed E-state index contributed by atoms with van der Waals surface area (Å²) in [5.41, 5.74) is 7.00. The molecule has 1 aliphatic heterocycles. The molecule has 5 rings (SSSR count). The molecule has 0 atom stereocenters. The Morgan fingerprint density at radius 3 is 2.50 bits per heavy atom. The van der Waals surface area contributed by atoms with Gasteiger partial charge in [-0.2, -0.15) is 0 Å². The summed E-state index contributed by atoms with van der Waals surface area (Å²) in [4.78, 5) is 3.81. The van der Waals surface area contributed by atoms with Crippen molar-refractivity contribution in [3.05, 3.63) is 93.4 Å². The Morgan fingerprint density at radius 2 is 1.75 bits per heavy atom. The van der Waals surface area contributed by atoms with E-state index in [1.807, 2.05) is 18.2 Å². The minimum Gasteiger partial charge on any atom is -0.497 e. The van der Waals surface area contributed by atoms with Gasteiger partial charge in [-0.3, -0.25) is 3.96 Å². The highest BCUT2D eigenvalue weighted by molar-refractivity contribution is 7.71. The van der Waals surface area contributed by atoms with Crippen LogP contribution in [-0.2, 0) is 12.1 Å². The highest BCUT2D eigenvalue weighted by atomic mass is 32.1. The Kier molecular flexibility index (Phi) is 5.19. The molecule has 1 aromatic heterocycles. The van der Waals surface area contributed by atoms with Crippen molar-refractivity contribution in [3.8, 4) is 22.6 Å². The molecular weight excluding hydrogens is 432 g/mol. The number of rotatable bonds is 4. The van der Waals surface area contributed by atoms with E-state index < -0.39 is 0 Å². The summed E-state index contributed by atoms with van der Waals surface area (Å²) in [6.07, 6.45) is 0. The van der Waals surface area contributed by atoms with Gasteiger partial charge >= 0.3 is 0 Å². The zero-order valence-electron chi connectivity index (χ0n) is 18.8. The van der Waals surface area contributed by atoms with Crippen LogP contribution in [0.3, 0.4) is 0 Å². The van der Waals surface area contributed by atoms with E-state index in [-0.39, 0.29) is 5.54 Å². The first-order chi connectivity index (χ1) is 15.4. The van der Waals surface area contributed by atoms with Gasteiger partial charge in [0.2, 0.25) is 0 Å². The van der Waals surface area contributed by atoms with Gasteiger partial charge in [0.1, 0.15) is 10.4 Å². The molecule has 0 spiro atoms. The minimum atomic E-state index is -0.213. The van der Waals surface area contributed by atoms with E-state index in [4.69, 9.17) is 17.0 Å². The lowest BCUT2D eigenvalue weighted by Crippen LogP contribution is -2.43. The molecule has 0 amide bonds. The molecule has 3 nitrogen and oxygen atoms in total. The molecule has 1 aliphatic rings. The molecule has 2 heterocycles. The van der Waals surface area contributed by atoms with Gasteiger partial charge in [-0.1, -0.05) is 71.8 Å². The predicted octanol–water partition coefficient (Wildman–Crippen LogP) is 7.51. The third-order valence-electron chi connectivity index (χ3n) is 6.22. The number of ether oxygens (including phenoxy) is 1. The largest absolute Gasteiger partial charge is 0.497 e. The van der Waals surface area contributed by atoms with Gasteiger partial charge in [-0.05, 0) is 50.6 Å². The Balaban J connectivity index is 1.73. The van der Waals surface area contributed by atoms with Crippen molar-refractivity contribution in [2.24, 2.45) is 0 Å². The minimum absolute atomic E-state index is 0.213. The second-order valence-corrected chi connectivity index (χ2v) is 10.1. The molecule has 4 aromatic rings. The summed E-state index contributed by atoms with van der Waals surface area (Å²) in [6.45, 7) is 7.59. The second-order valence-electron chi connectivity index (χ2n) is 8.75. The van der Waals surface area contributed by atoms with E-state index in [0.29, 0.717) is 0 Å². The smallest absolute Gasteiger partial charge is 0.129 e. The van der Waals surface area contributed by atoms with E-state index in [9.17, 15) is 0 Å². The van der Waals surface area contributed by atoms with Crippen molar-refractivity contribution in [1.29, 1.82) is 0 Å². The summed E-state index contributed by atoms with van der Waals surface area (Å²) in [5.74, 6) is 0.831. The van der Waals surface area contributed by atoms with Crippen molar-refractivity contribution in [3.63, 3.8) is 0 Å². The molecule has 32 heavy (non-hydrogen) atoms. The molecular formula is C27H26N2OS2. The monoisotopic (exact) mass is 458 g/mol. The Bertz CT molecular complexity index is 1350. The Labute approximate surface area is 198 Å². The molecule has 0 bridgehead atoms. The van der Waals surface area contributed by atoms with E-state index in [1.54, 1.807) is 18.6 Å². The molecule has 0 unspecified atom stereocenters. The van der Waals surface area contributed by atoms with Crippen molar-refractivity contribution in [1.82, 2.24) is 3.96 Å². The van der Waals surface area contributed by atoms with Gasteiger partial charge in [-0.15, -0.1) is 0 Å². The maximum atomic E-state index is 6.08. The second kappa shape index (κ2) is 7.91. The molecule has 0 saturated heterocycles. The zero-order valence-corrected chi connectivity index (χ0v) is 20.4. The maximum absolute atomic E-state index is 6.08. The average molecular weight is 459 g/mol. The third kappa shape index (κ3) is 3.37. The molecule has 0 fully saturated rings. The summed E-state index contributed by atoms with van der Waals surface area (Å²) in [6, 6.07) is 25.5. The van der Waals surface area contributed by atoms with Crippen LogP contribution in [0.1, 0.15) is 29.9 Å². The molecule has 5 heteroatoms. The van der Waals surface area contributed by atoms with Crippen LogP contribution < -0.4 is 9.64 Å². The van der Waals surface area contributed by atoms with Crippen LogP contribution in [0.4, 0.5) is 5.69 Å². The van der Waals surface area contributed by atoms with Crippen LogP contribution in [-0.4, -0.2) is 11.1 Å². The number of fused-ring (bicyclic) bond motifs is 3. The number of nitrogens with zero attached hydrogens (tertiary/aromatic N) is 2. The van der Waals surface area contributed by atoms with Crippen LogP contribution in [0.25, 0.3) is 16.8 Å². The van der Waals surface area contributed by atoms with Gasteiger partial charge in [0.05, 0.1) is 23.2 Å². The zero-order chi connectivity index (χ0) is 22.5. The van der Waals surface area contributed by atoms with Gasteiger partial charge in [0.15, 0.2) is 0 Å². The van der Waals surface area contributed by atoms with Crippen molar-refractivity contribution >= 4 is 29.4 Å². The average Bonchev–Trinajstić information content (AvgIpc) is 3.16. The normalized spacial score (nSPS) is 14.1. The van der Waals surface area contributed by atoms with Crippen molar-refractivity contribution < 1.29 is 4.74 Å². The predicted molar refractivity (Wildman–Crippen MR) is 137 cm³/mol. The van der Waals surface area contributed by atoms with Crippen LogP contribution in [0, 0.1) is 11.6 Å². The van der Waals surface area contributed by atoms with Gasteiger partial charge in [-0.25, -0.2) is 0 Å². The van der Waals surface area contributed by atoms with Crippen LogP contribution in [0.2, 0.25) is 0 Å². The summed E-state index contributed by atoms with van der Waals surface area (Å²) in [5, 5.41) is 0. The first kappa shape index (κ1) is 21.0. The standard InChI is InChI=1S/C27H26N2OS2/c1-18-13-14-23-22(15-18)24-25(27(2,3)28(23)17-19-9-6-5-7-10-19)32-29(26(24)31)20-11-8-12-21(16-20)30-4/h5-16H,17H2,1-4H3. The number of hydrogen-bond donors (Lipinski definition) is 0. The molecule has 3 aromatic carbocycles. The van der Waals surface area contributed by atoms with Crippen molar-refractivity contribution in [2.75, 3.05) is 12.0 Å². The molecule has 0 N–H and O–H groups in total. The highest BCUT2D eigenvalue weighted by Crippen LogP contribution is 2.51. The lowest BCUT2D eigenvalue weighted by atomic mass is 9.86. The van der Waals surface area contributed by atoms with Crippen LogP contribution >= 0.6 is 23.8 Å². The highest BCUT2D eigenvalue weighted by Gasteiger charge is 2.40. The summed E-state index contributed by atoms with van der Waals surface area (Å²) < 4.78 is 8.49. The Hall–Kier alpha value is -2.89. The first-order valence-corrected chi connectivity index (χ1v) is 11.9. The summed E-state index contributed by atoms with van der Waals surface area (Å²) >= 11 is 7.82. The SMILES string of the molecule is COc1cccc(-n2sc3c(c2=S)-c2cc(C)ccc2N(Cc2ccccc2)C3(C)C)c1. The van der Waals surface area contributed by atoms with Gasteiger partial charge in [0, 0.05) is 29.4 Å². The quantitative estimate of drug-likeness (QED) is 0.295.